The fourth-order valence-corrected chi connectivity index (χ4v) is 2.07. The Bertz CT molecular complexity index is 816. The van der Waals surface area contributed by atoms with E-state index >= 15 is 0 Å². The minimum Gasteiger partial charge on any atom is -0.479 e. The van der Waals surface area contributed by atoms with Crippen molar-refractivity contribution < 1.29 is 32.2 Å². The van der Waals surface area contributed by atoms with Crippen molar-refractivity contribution in [1.82, 2.24) is 4.98 Å². The molecule has 0 bridgehead atoms. The van der Waals surface area contributed by atoms with Crippen LogP contribution in [0.4, 0.5) is 19.0 Å². The Kier molecular flexibility index (Phi) is 6.62. The third-order valence-corrected chi connectivity index (χ3v) is 3.45. The molecule has 6 nitrogen and oxygen atoms in total. The normalized spacial score (nSPS) is 12.2. The summed E-state index contributed by atoms with van der Waals surface area (Å²) < 4.78 is 47.8. The second-order valence-corrected chi connectivity index (χ2v) is 5.69. The van der Waals surface area contributed by atoms with Crippen molar-refractivity contribution in [2.24, 2.45) is 0 Å². The van der Waals surface area contributed by atoms with E-state index in [9.17, 15) is 22.8 Å². The number of rotatable bonds is 6. The molecule has 10 heteroatoms. The van der Waals surface area contributed by atoms with Crippen LogP contribution >= 0.6 is 11.6 Å². The number of carbonyl (C=O) groups excluding carboxylic acids is 2. The third-order valence-electron chi connectivity index (χ3n) is 3.16. The molecule has 1 aromatic heterocycles. The summed E-state index contributed by atoms with van der Waals surface area (Å²) in [5.41, 5.74) is -1.05. The predicted molar refractivity (Wildman–Crippen MR) is 90.4 cm³/mol. The van der Waals surface area contributed by atoms with E-state index < -0.39 is 41.3 Å². The molecule has 27 heavy (non-hydrogen) atoms. The molecule has 1 amide bonds. The van der Waals surface area contributed by atoms with E-state index in [0.717, 1.165) is 0 Å². The highest BCUT2D eigenvalue weighted by Crippen LogP contribution is 2.32. The molecule has 144 valence electrons. The molecular formula is C17H14ClF3N2O4. The largest absolute Gasteiger partial charge is 0.479 e. The van der Waals surface area contributed by atoms with Crippen LogP contribution in [0.15, 0.2) is 42.6 Å². The number of hydrogen-bond acceptors (Lipinski definition) is 5. The van der Waals surface area contributed by atoms with Gasteiger partial charge >= 0.3 is 12.1 Å². The van der Waals surface area contributed by atoms with Gasteiger partial charge in [-0.1, -0.05) is 29.8 Å². The zero-order valence-corrected chi connectivity index (χ0v) is 14.7. The molecule has 1 N–H and O–H groups in total. The van der Waals surface area contributed by atoms with Gasteiger partial charge in [0.1, 0.15) is 5.75 Å². The molecule has 1 unspecified atom stereocenters. The quantitative estimate of drug-likeness (QED) is 0.745. The van der Waals surface area contributed by atoms with E-state index in [-0.39, 0.29) is 5.82 Å². The van der Waals surface area contributed by atoms with Crippen LogP contribution in [0.5, 0.6) is 5.75 Å². The number of para-hydroxylation sites is 1. The Balaban J connectivity index is 1.86. The van der Waals surface area contributed by atoms with E-state index in [1.54, 1.807) is 30.3 Å². The lowest BCUT2D eigenvalue weighted by Crippen LogP contribution is -2.30. The number of ether oxygens (including phenoxy) is 2. The van der Waals surface area contributed by atoms with E-state index in [2.05, 4.69) is 10.3 Å². The van der Waals surface area contributed by atoms with Crippen molar-refractivity contribution in [3.8, 4) is 5.75 Å². The number of pyridine rings is 1. The number of hydrogen-bond donors (Lipinski definition) is 1. The highest BCUT2D eigenvalue weighted by molar-refractivity contribution is 6.33. The van der Waals surface area contributed by atoms with Gasteiger partial charge in [0.2, 0.25) is 0 Å². The fourth-order valence-electron chi connectivity index (χ4n) is 1.86. The second-order valence-electron chi connectivity index (χ2n) is 5.28. The van der Waals surface area contributed by atoms with Crippen LogP contribution in [0.1, 0.15) is 12.5 Å². The van der Waals surface area contributed by atoms with Crippen molar-refractivity contribution in [3.63, 3.8) is 0 Å². The summed E-state index contributed by atoms with van der Waals surface area (Å²) in [7, 11) is 0. The number of halogens is 4. The second kappa shape index (κ2) is 8.72. The van der Waals surface area contributed by atoms with Crippen LogP contribution in [0.3, 0.4) is 0 Å². The Morgan fingerprint density at radius 1 is 1.26 bits per heavy atom. The summed E-state index contributed by atoms with van der Waals surface area (Å²) in [6, 6.07) is 9.15. The molecule has 1 aromatic carbocycles. The number of anilines is 1. The number of esters is 1. The summed E-state index contributed by atoms with van der Waals surface area (Å²) in [6.07, 6.45) is -5.04. The van der Waals surface area contributed by atoms with Crippen molar-refractivity contribution in [2.75, 3.05) is 11.9 Å². The molecule has 2 rings (SSSR count). The minimum absolute atomic E-state index is 0.278. The van der Waals surface area contributed by atoms with Gasteiger partial charge in [0.15, 0.2) is 18.5 Å². The maximum atomic E-state index is 12.5. The molecule has 1 heterocycles. The Morgan fingerprint density at radius 3 is 2.52 bits per heavy atom. The summed E-state index contributed by atoms with van der Waals surface area (Å²) in [4.78, 5) is 27.1. The number of alkyl halides is 3. The highest BCUT2D eigenvalue weighted by Gasteiger charge is 2.31. The van der Waals surface area contributed by atoms with E-state index in [4.69, 9.17) is 21.1 Å². The lowest BCUT2D eigenvalue weighted by molar-refractivity contribution is -0.153. The van der Waals surface area contributed by atoms with Crippen molar-refractivity contribution in [3.05, 3.63) is 53.2 Å². The number of aromatic nitrogens is 1. The van der Waals surface area contributed by atoms with Gasteiger partial charge in [-0.3, -0.25) is 4.79 Å². The molecule has 0 aliphatic heterocycles. The first-order valence-corrected chi connectivity index (χ1v) is 7.95. The molecular weight excluding hydrogens is 389 g/mol. The van der Waals surface area contributed by atoms with Crippen LogP contribution in [0.2, 0.25) is 5.02 Å². The van der Waals surface area contributed by atoms with Crippen molar-refractivity contribution in [1.29, 1.82) is 0 Å². The number of carbonyl (C=O) groups is 2. The summed E-state index contributed by atoms with van der Waals surface area (Å²) in [5, 5.41) is 1.77. The van der Waals surface area contributed by atoms with Crippen LogP contribution in [-0.2, 0) is 20.5 Å². The SMILES string of the molecule is CC(Oc1ccccc1)C(=O)OCC(=O)Nc1ncc(C(F)(F)F)cc1Cl. The number of amides is 1. The third kappa shape index (κ3) is 6.14. The summed E-state index contributed by atoms with van der Waals surface area (Å²) in [5.74, 6) is -1.43. The van der Waals surface area contributed by atoms with Crippen LogP contribution < -0.4 is 10.1 Å². The van der Waals surface area contributed by atoms with E-state index in [1.807, 2.05) is 0 Å². The highest BCUT2D eigenvalue weighted by atomic mass is 35.5. The minimum atomic E-state index is -4.61. The van der Waals surface area contributed by atoms with Crippen molar-refractivity contribution >= 4 is 29.3 Å². The van der Waals surface area contributed by atoms with Crippen molar-refractivity contribution in [2.45, 2.75) is 19.2 Å². The van der Waals surface area contributed by atoms with Gasteiger partial charge in [-0.05, 0) is 25.1 Å². The van der Waals surface area contributed by atoms with Gasteiger partial charge in [0, 0.05) is 6.20 Å². The molecule has 2 aromatic rings. The number of benzene rings is 1. The maximum absolute atomic E-state index is 12.5. The standard InChI is InChI=1S/C17H14ClF3N2O4/c1-10(27-12-5-3-2-4-6-12)16(25)26-9-14(24)23-15-13(18)7-11(8-22-15)17(19,20)21/h2-8,10H,9H2,1H3,(H,22,23,24). The first kappa shape index (κ1) is 20.5. The molecule has 0 aliphatic rings. The summed E-state index contributed by atoms with van der Waals surface area (Å²) >= 11 is 5.68. The molecule has 0 saturated carbocycles. The first-order valence-electron chi connectivity index (χ1n) is 7.57. The number of nitrogens with zero attached hydrogens (tertiary/aromatic N) is 1. The Morgan fingerprint density at radius 2 is 1.93 bits per heavy atom. The van der Waals surface area contributed by atoms with Gasteiger partial charge in [-0.25, -0.2) is 9.78 Å². The lowest BCUT2D eigenvalue weighted by Gasteiger charge is -2.14. The van der Waals surface area contributed by atoms with E-state index in [0.29, 0.717) is 18.0 Å². The topological polar surface area (TPSA) is 77.5 Å². The van der Waals surface area contributed by atoms with Gasteiger partial charge in [-0.15, -0.1) is 0 Å². The van der Waals surface area contributed by atoms with Crippen LogP contribution in [0, 0.1) is 0 Å². The zero-order valence-electron chi connectivity index (χ0n) is 13.9. The maximum Gasteiger partial charge on any atom is 0.417 e. The molecule has 0 aliphatic carbocycles. The van der Waals surface area contributed by atoms with E-state index in [1.165, 1.54) is 6.92 Å². The summed E-state index contributed by atoms with van der Waals surface area (Å²) in [6.45, 7) is 0.766. The predicted octanol–water partition coefficient (Wildman–Crippen LogP) is 3.70. The van der Waals surface area contributed by atoms with Gasteiger partial charge < -0.3 is 14.8 Å². The lowest BCUT2D eigenvalue weighted by atomic mass is 10.3. The van der Waals surface area contributed by atoms with Crippen LogP contribution in [-0.4, -0.2) is 29.6 Å². The average Bonchev–Trinajstić information content (AvgIpc) is 2.61. The van der Waals surface area contributed by atoms with Crippen LogP contribution in [0.25, 0.3) is 0 Å². The Hall–Kier alpha value is -2.81. The smallest absolute Gasteiger partial charge is 0.417 e. The molecule has 1 atom stereocenters. The zero-order chi connectivity index (χ0) is 20.0. The van der Waals surface area contributed by atoms with Gasteiger partial charge in [-0.2, -0.15) is 13.2 Å². The van der Waals surface area contributed by atoms with Gasteiger partial charge in [0.25, 0.3) is 5.91 Å². The molecule has 0 fully saturated rings. The average molecular weight is 403 g/mol. The number of nitrogens with one attached hydrogen (secondary N) is 1. The van der Waals surface area contributed by atoms with Gasteiger partial charge in [0.05, 0.1) is 10.6 Å². The molecule has 0 saturated heterocycles. The fraction of sp³-hybridized carbons (Fsp3) is 0.235. The molecule has 0 spiro atoms. The first-order chi connectivity index (χ1) is 12.7. The monoisotopic (exact) mass is 402 g/mol. The Labute approximate surface area is 157 Å². The molecule has 0 radical (unpaired) electrons.